The van der Waals surface area contributed by atoms with Gasteiger partial charge in [-0.05, 0) is 37.1 Å². The van der Waals surface area contributed by atoms with Gasteiger partial charge in [0.2, 0.25) is 0 Å². The molecule has 2 amide bonds. The first kappa shape index (κ1) is 21.9. The van der Waals surface area contributed by atoms with Crippen LogP contribution >= 0.6 is 0 Å². The minimum Gasteiger partial charge on any atom is -0.496 e. The van der Waals surface area contributed by atoms with Crippen LogP contribution in [0, 0.1) is 13.8 Å². The van der Waals surface area contributed by atoms with E-state index in [2.05, 4.69) is 11.4 Å². The number of hydrogen-bond donors (Lipinski definition) is 1. The average Bonchev–Trinajstić information content (AvgIpc) is 2.71. The molecule has 0 aromatic heterocycles. The quantitative estimate of drug-likeness (QED) is 0.690. The molecule has 7 nitrogen and oxygen atoms in total. The van der Waals surface area contributed by atoms with Crippen LogP contribution in [-0.4, -0.2) is 50.0 Å². The van der Waals surface area contributed by atoms with Crippen LogP contribution in [0.2, 0.25) is 0 Å². The van der Waals surface area contributed by atoms with Crippen molar-refractivity contribution >= 4 is 17.8 Å². The number of nitrogens with one attached hydrogen (secondary N) is 1. The zero-order valence-electron chi connectivity index (χ0n) is 17.2. The van der Waals surface area contributed by atoms with Gasteiger partial charge in [-0.3, -0.25) is 14.4 Å². The molecule has 0 saturated heterocycles. The number of aryl methyl sites for hydroxylation is 2. The lowest BCUT2D eigenvalue weighted by atomic mass is 10.1. The highest BCUT2D eigenvalue weighted by Gasteiger charge is 2.16. The van der Waals surface area contributed by atoms with Crippen molar-refractivity contribution in [1.82, 2.24) is 10.2 Å². The highest BCUT2D eigenvalue weighted by molar-refractivity contribution is 5.98. The predicted octanol–water partition coefficient (Wildman–Crippen LogP) is 2.24. The first-order valence-corrected chi connectivity index (χ1v) is 9.18. The van der Waals surface area contributed by atoms with Crippen LogP contribution in [-0.2, 0) is 20.9 Å². The van der Waals surface area contributed by atoms with E-state index in [4.69, 9.17) is 9.47 Å². The van der Waals surface area contributed by atoms with Gasteiger partial charge < -0.3 is 19.7 Å². The Bertz CT molecular complexity index is 895. The van der Waals surface area contributed by atoms with E-state index in [1.165, 1.54) is 12.0 Å². The maximum atomic E-state index is 12.2. The van der Waals surface area contributed by atoms with Gasteiger partial charge in [-0.15, -0.1) is 0 Å². The average molecular weight is 398 g/mol. The molecule has 0 fully saturated rings. The third kappa shape index (κ3) is 6.34. The number of carbonyl (C=O) groups excluding carboxylic acids is 3. The number of amides is 2. The number of para-hydroxylation sites is 1. The standard InChI is InChI=1S/C22H26N2O5/c1-15-9-10-17(16(2)11-15)13-24(3)20(25)14-29-21(26)12-23-22(27)18-7-5-6-8-19(18)28-4/h5-11H,12-14H2,1-4H3,(H,23,27). The Hall–Kier alpha value is -3.35. The van der Waals surface area contributed by atoms with E-state index >= 15 is 0 Å². The Kier molecular flexibility index (Phi) is 7.77. The molecule has 2 aromatic rings. The zero-order valence-corrected chi connectivity index (χ0v) is 17.2. The highest BCUT2D eigenvalue weighted by Crippen LogP contribution is 2.16. The minimum absolute atomic E-state index is 0.312. The molecule has 0 aliphatic heterocycles. The van der Waals surface area contributed by atoms with E-state index in [-0.39, 0.29) is 19.1 Å². The largest absolute Gasteiger partial charge is 0.496 e. The number of rotatable bonds is 8. The van der Waals surface area contributed by atoms with E-state index in [1.54, 1.807) is 31.3 Å². The molecule has 0 spiro atoms. The van der Waals surface area contributed by atoms with Gasteiger partial charge in [-0.1, -0.05) is 35.9 Å². The van der Waals surface area contributed by atoms with Crippen LogP contribution in [0.1, 0.15) is 27.0 Å². The molecule has 29 heavy (non-hydrogen) atoms. The fourth-order valence-electron chi connectivity index (χ4n) is 2.75. The number of carbonyl (C=O) groups is 3. The number of nitrogens with zero attached hydrogens (tertiary/aromatic N) is 1. The minimum atomic E-state index is -0.693. The van der Waals surface area contributed by atoms with Crippen LogP contribution in [0.3, 0.4) is 0 Å². The molecule has 2 rings (SSSR count). The van der Waals surface area contributed by atoms with Gasteiger partial charge in [-0.25, -0.2) is 0 Å². The lowest BCUT2D eigenvalue weighted by Gasteiger charge is -2.18. The Morgan fingerprint density at radius 3 is 2.48 bits per heavy atom. The second-order valence-electron chi connectivity index (χ2n) is 6.72. The number of ether oxygens (including phenoxy) is 2. The van der Waals surface area contributed by atoms with Crippen LogP contribution in [0.4, 0.5) is 0 Å². The topological polar surface area (TPSA) is 84.9 Å². The van der Waals surface area contributed by atoms with Crippen LogP contribution in [0.25, 0.3) is 0 Å². The molecule has 2 aromatic carbocycles. The molecule has 0 radical (unpaired) electrons. The predicted molar refractivity (Wildman–Crippen MR) is 109 cm³/mol. The molecular weight excluding hydrogens is 372 g/mol. The Balaban J connectivity index is 1.79. The Morgan fingerprint density at radius 2 is 1.79 bits per heavy atom. The number of likely N-dealkylation sites (N-methyl/N-ethyl adjacent to an activating group) is 1. The van der Waals surface area contributed by atoms with E-state index in [9.17, 15) is 14.4 Å². The zero-order chi connectivity index (χ0) is 21.4. The summed E-state index contributed by atoms with van der Waals surface area (Å²) in [5, 5.41) is 2.46. The maximum absolute atomic E-state index is 12.2. The molecule has 0 heterocycles. The SMILES string of the molecule is COc1ccccc1C(=O)NCC(=O)OCC(=O)N(C)Cc1ccc(C)cc1C. The van der Waals surface area contributed by atoms with Crippen molar-refractivity contribution in [3.8, 4) is 5.75 Å². The summed E-state index contributed by atoms with van der Waals surface area (Å²) in [5.74, 6) is -1.07. The molecule has 0 bridgehead atoms. The fraction of sp³-hybridized carbons (Fsp3) is 0.318. The van der Waals surface area contributed by atoms with Gasteiger partial charge in [0.05, 0.1) is 12.7 Å². The first-order chi connectivity index (χ1) is 13.8. The summed E-state index contributed by atoms with van der Waals surface area (Å²) in [6.45, 7) is 3.70. The lowest BCUT2D eigenvalue weighted by Crippen LogP contribution is -2.34. The van der Waals surface area contributed by atoms with Crippen molar-refractivity contribution in [3.05, 3.63) is 64.7 Å². The molecule has 0 saturated carbocycles. The van der Waals surface area contributed by atoms with Gasteiger partial charge in [0.15, 0.2) is 6.61 Å². The second-order valence-corrected chi connectivity index (χ2v) is 6.72. The van der Waals surface area contributed by atoms with E-state index in [0.717, 1.165) is 16.7 Å². The van der Waals surface area contributed by atoms with E-state index in [1.807, 2.05) is 26.0 Å². The molecule has 0 unspecified atom stereocenters. The summed E-state index contributed by atoms with van der Waals surface area (Å²) in [4.78, 5) is 37.7. The summed E-state index contributed by atoms with van der Waals surface area (Å²) in [6.07, 6.45) is 0. The fourth-order valence-corrected chi connectivity index (χ4v) is 2.75. The van der Waals surface area contributed by atoms with E-state index in [0.29, 0.717) is 17.9 Å². The van der Waals surface area contributed by atoms with Crippen molar-refractivity contribution in [2.75, 3.05) is 27.3 Å². The highest BCUT2D eigenvalue weighted by atomic mass is 16.5. The summed E-state index contributed by atoms with van der Waals surface area (Å²) in [6, 6.07) is 12.7. The number of hydrogen-bond acceptors (Lipinski definition) is 5. The Labute approximate surface area is 170 Å². The van der Waals surface area contributed by atoms with Gasteiger partial charge in [0.1, 0.15) is 12.3 Å². The van der Waals surface area contributed by atoms with Crippen molar-refractivity contribution in [2.24, 2.45) is 0 Å². The Morgan fingerprint density at radius 1 is 1.07 bits per heavy atom. The van der Waals surface area contributed by atoms with Crippen LogP contribution < -0.4 is 10.1 Å². The molecule has 0 atom stereocenters. The number of benzene rings is 2. The molecule has 0 aliphatic rings. The molecule has 7 heteroatoms. The van der Waals surface area contributed by atoms with Crippen molar-refractivity contribution in [3.63, 3.8) is 0 Å². The normalized spacial score (nSPS) is 10.2. The van der Waals surface area contributed by atoms with Crippen molar-refractivity contribution in [2.45, 2.75) is 20.4 Å². The van der Waals surface area contributed by atoms with Gasteiger partial charge in [0, 0.05) is 13.6 Å². The first-order valence-electron chi connectivity index (χ1n) is 9.18. The molecular formula is C22H26N2O5. The third-order valence-corrected chi connectivity index (χ3v) is 4.43. The summed E-state index contributed by atoms with van der Waals surface area (Å²) in [7, 11) is 3.11. The number of methoxy groups -OCH3 is 1. The summed E-state index contributed by atoms with van der Waals surface area (Å²) >= 11 is 0. The van der Waals surface area contributed by atoms with Gasteiger partial charge >= 0.3 is 5.97 Å². The number of esters is 1. The summed E-state index contributed by atoms with van der Waals surface area (Å²) in [5.41, 5.74) is 3.60. The summed E-state index contributed by atoms with van der Waals surface area (Å²) < 4.78 is 10.1. The maximum Gasteiger partial charge on any atom is 0.325 e. The smallest absolute Gasteiger partial charge is 0.325 e. The van der Waals surface area contributed by atoms with E-state index < -0.39 is 11.9 Å². The molecule has 154 valence electrons. The van der Waals surface area contributed by atoms with Gasteiger partial charge in [0.25, 0.3) is 11.8 Å². The van der Waals surface area contributed by atoms with Crippen molar-refractivity contribution < 1.29 is 23.9 Å². The van der Waals surface area contributed by atoms with Crippen LogP contribution in [0.15, 0.2) is 42.5 Å². The molecule has 1 N–H and O–H groups in total. The monoisotopic (exact) mass is 398 g/mol. The molecule has 0 aliphatic carbocycles. The lowest BCUT2D eigenvalue weighted by molar-refractivity contribution is -0.150. The van der Waals surface area contributed by atoms with Crippen LogP contribution in [0.5, 0.6) is 5.75 Å². The second kappa shape index (κ2) is 10.3. The third-order valence-electron chi connectivity index (χ3n) is 4.43. The van der Waals surface area contributed by atoms with Crippen molar-refractivity contribution in [1.29, 1.82) is 0 Å². The van der Waals surface area contributed by atoms with Gasteiger partial charge in [-0.2, -0.15) is 0 Å².